The third-order valence-corrected chi connectivity index (χ3v) is 7.18. The van der Waals surface area contributed by atoms with Crippen LogP contribution in [-0.4, -0.2) is 0 Å². The normalized spacial score (nSPS) is 27.2. The lowest BCUT2D eigenvalue weighted by Gasteiger charge is -2.31. The molecule has 154 valence electrons. The summed E-state index contributed by atoms with van der Waals surface area (Å²) in [6, 6.07) is 6.35. The first-order chi connectivity index (χ1) is 14.2. The number of hydrogen-bond acceptors (Lipinski definition) is 1. The molecule has 2 aliphatic rings. The molecule has 0 radical (unpaired) electrons. The van der Waals surface area contributed by atoms with Gasteiger partial charge in [0.15, 0.2) is 0 Å². The summed E-state index contributed by atoms with van der Waals surface area (Å²) < 4.78 is 13.6. The summed E-state index contributed by atoms with van der Waals surface area (Å²) in [4.78, 5) is 0. The highest BCUT2D eigenvalue weighted by Gasteiger charge is 2.23. The first-order valence-electron chi connectivity index (χ1n) is 11.6. The van der Waals surface area contributed by atoms with Crippen LogP contribution < -0.4 is 0 Å². The molecule has 0 aromatic heterocycles. The summed E-state index contributed by atoms with van der Waals surface area (Å²) >= 11 is 0. The molecule has 0 bridgehead atoms. The maximum Gasteiger partial charge on any atom is 0.142 e. The Bertz CT molecular complexity index is 775. The van der Waals surface area contributed by atoms with Crippen molar-refractivity contribution in [2.24, 2.45) is 23.7 Å². The van der Waals surface area contributed by atoms with E-state index in [9.17, 15) is 4.39 Å². The quantitative estimate of drug-likeness (QED) is 0.479. The summed E-state index contributed by atoms with van der Waals surface area (Å²) in [5.41, 5.74) is 0.680. The Labute approximate surface area is 176 Å². The van der Waals surface area contributed by atoms with Crippen LogP contribution in [0.25, 0.3) is 0 Å². The van der Waals surface area contributed by atoms with Crippen molar-refractivity contribution in [3.05, 3.63) is 47.3 Å². The van der Waals surface area contributed by atoms with Gasteiger partial charge in [-0.25, -0.2) is 4.39 Å². The van der Waals surface area contributed by atoms with Crippen LogP contribution in [0.3, 0.4) is 0 Å². The van der Waals surface area contributed by atoms with Crippen molar-refractivity contribution in [2.75, 3.05) is 0 Å². The number of hydrogen-bond donors (Lipinski definition) is 0. The predicted molar refractivity (Wildman–Crippen MR) is 118 cm³/mol. The van der Waals surface area contributed by atoms with Gasteiger partial charge in [-0.15, -0.1) is 0 Å². The Morgan fingerprint density at radius 1 is 0.966 bits per heavy atom. The number of benzene rings is 1. The average molecular weight is 392 g/mol. The highest BCUT2D eigenvalue weighted by Crippen LogP contribution is 2.37. The molecule has 2 fully saturated rings. The van der Waals surface area contributed by atoms with Crippen LogP contribution in [0.2, 0.25) is 0 Å². The van der Waals surface area contributed by atoms with Gasteiger partial charge in [0.05, 0.1) is 5.56 Å². The van der Waals surface area contributed by atoms with Crippen LogP contribution in [0.4, 0.5) is 4.39 Å². The van der Waals surface area contributed by atoms with E-state index in [1.165, 1.54) is 82.8 Å². The van der Waals surface area contributed by atoms with Crippen molar-refractivity contribution >= 4 is 0 Å². The van der Waals surface area contributed by atoms with Crippen molar-refractivity contribution in [3.63, 3.8) is 0 Å². The second kappa shape index (κ2) is 11.2. The number of halogens is 1. The summed E-state index contributed by atoms with van der Waals surface area (Å²) in [6.07, 6.45) is 19.5. The SMILES string of the molecule is CC[C@H]1CC[C@H](CC[C@H]2CC[C@H](C=CC#Cc3ccc(C#N)c(F)c3)CC2)CC1. The average Bonchev–Trinajstić information content (AvgIpc) is 2.76. The molecule has 0 spiro atoms. The second-order valence-electron chi connectivity index (χ2n) is 9.09. The molecular formula is C27H34FN. The molecule has 1 aromatic carbocycles. The van der Waals surface area contributed by atoms with E-state index in [0.717, 1.165) is 17.8 Å². The van der Waals surface area contributed by atoms with Gasteiger partial charge in [0.25, 0.3) is 0 Å². The van der Waals surface area contributed by atoms with Crippen molar-refractivity contribution in [1.82, 2.24) is 0 Å². The number of nitrogens with zero attached hydrogens (tertiary/aromatic N) is 1. The Hall–Kier alpha value is -2.06. The Balaban J connectivity index is 1.36. The minimum atomic E-state index is -0.500. The lowest BCUT2D eigenvalue weighted by atomic mass is 9.75. The van der Waals surface area contributed by atoms with Gasteiger partial charge in [-0.2, -0.15) is 5.26 Å². The number of nitriles is 1. The molecule has 0 unspecified atom stereocenters. The summed E-state index contributed by atoms with van der Waals surface area (Å²) in [6.45, 7) is 2.34. The maximum atomic E-state index is 13.6. The third kappa shape index (κ3) is 6.75. The van der Waals surface area contributed by atoms with Crippen molar-refractivity contribution in [1.29, 1.82) is 5.26 Å². The highest BCUT2D eigenvalue weighted by atomic mass is 19.1. The van der Waals surface area contributed by atoms with E-state index in [4.69, 9.17) is 5.26 Å². The van der Waals surface area contributed by atoms with Gasteiger partial charge in [-0.3, -0.25) is 0 Å². The molecule has 3 rings (SSSR count). The fourth-order valence-electron chi connectivity index (χ4n) is 5.06. The van der Waals surface area contributed by atoms with Crippen LogP contribution in [0, 0.1) is 52.7 Å². The van der Waals surface area contributed by atoms with Gasteiger partial charge in [0, 0.05) is 5.56 Å². The van der Waals surface area contributed by atoms with Gasteiger partial charge in [-0.05, 0) is 73.6 Å². The lowest BCUT2D eigenvalue weighted by molar-refractivity contribution is 0.224. The van der Waals surface area contributed by atoms with Crippen molar-refractivity contribution < 1.29 is 4.39 Å². The van der Waals surface area contributed by atoms with Crippen LogP contribution in [0.1, 0.15) is 88.7 Å². The van der Waals surface area contributed by atoms with E-state index in [1.807, 2.05) is 12.1 Å². The second-order valence-corrected chi connectivity index (χ2v) is 9.09. The minimum Gasteiger partial charge on any atom is -0.206 e. The van der Waals surface area contributed by atoms with Gasteiger partial charge >= 0.3 is 0 Å². The van der Waals surface area contributed by atoms with Crippen LogP contribution in [0.15, 0.2) is 30.4 Å². The first kappa shape index (κ1) is 21.6. The highest BCUT2D eigenvalue weighted by molar-refractivity contribution is 5.42. The predicted octanol–water partition coefficient (Wildman–Crippen LogP) is 7.41. The van der Waals surface area contributed by atoms with Crippen LogP contribution in [-0.2, 0) is 0 Å². The number of allylic oxidation sites excluding steroid dienone is 2. The minimum absolute atomic E-state index is 0.0662. The Morgan fingerprint density at radius 3 is 2.17 bits per heavy atom. The van der Waals surface area contributed by atoms with Crippen molar-refractivity contribution in [3.8, 4) is 17.9 Å². The van der Waals surface area contributed by atoms with Crippen LogP contribution in [0.5, 0.6) is 0 Å². The monoisotopic (exact) mass is 391 g/mol. The zero-order valence-corrected chi connectivity index (χ0v) is 17.8. The van der Waals surface area contributed by atoms with E-state index in [-0.39, 0.29) is 5.56 Å². The van der Waals surface area contributed by atoms with E-state index >= 15 is 0 Å². The molecule has 2 aliphatic carbocycles. The zero-order chi connectivity index (χ0) is 20.5. The van der Waals surface area contributed by atoms with E-state index in [2.05, 4.69) is 24.8 Å². The molecule has 0 heterocycles. The smallest absolute Gasteiger partial charge is 0.142 e. The first-order valence-corrected chi connectivity index (χ1v) is 11.6. The molecule has 1 aromatic rings. The Kier molecular flexibility index (Phi) is 8.37. The molecular weight excluding hydrogens is 357 g/mol. The molecule has 0 aliphatic heterocycles. The number of rotatable bonds is 5. The van der Waals surface area contributed by atoms with E-state index in [1.54, 1.807) is 6.07 Å². The van der Waals surface area contributed by atoms with Gasteiger partial charge in [0.1, 0.15) is 11.9 Å². The molecule has 2 heteroatoms. The standard InChI is InChI=1S/C27H34FN/c1-2-21-7-9-23(10-8-21)15-16-24-13-11-22(12-14-24)5-3-4-6-25-17-18-26(20-29)27(28)19-25/h3,5,17-19,21-24H,2,7-16H2,1H3/t21-,22-,23-,24-. The Morgan fingerprint density at radius 2 is 1.59 bits per heavy atom. The zero-order valence-electron chi connectivity index (χ0n) is 17.8. The molecule has 0 atom stereocenters. The molecule has 0 amide bonds. The lowest BCUT2D eigenvalue weighted by Crippen LogP contribution is -2.17. The third-order valence-electron chi connectivity index (χ3n) is 7.18. The van der Waals surface area contributed by atoms with Gasteiger partial charge in [0.2, 0.25) is 0 Å². The molecule has 0 saturated heterocycles. The van der Waals surface area contributed by atoms with Crippen molar-refractivity contribution in [2.45, 2.75) is 77.6 Å². The summed E-state index contributed by atoms with van der Waals surface area (Å²) in [5, 5.41) is 8.77. The summed E-state index contributed by atoms with van der Waals surface area (Å²) in [5.74, 6) is 9.05. The fraction of sp³-hybridized carbons (Fsp3) is 0.593. The fourth-order valence-corrected chi connectivity index (χ4v) is 5.06. The molecule has 1 nitrogen and oxygen atoms in total. The topological polar surface area (TPSA) is 23.8 Å². The van der Waals surface area contributed by atoms with Gasteiger partial charge in [-0.1, -0.05) is 69.8 Å². The molecule has 2 saturated carbocycles. The van der Waals surface area contributed by atoms with E-state index < -0.39 is 5.82 Å². The van der Waals surface area contributed by atoms with Gasteiger partial charge < -0.3 is 0 Å². The molecule has 0 N–H and O–H groups in total. The van der Waals surface area contributed by atoms with Crippen LogP contribution >= 0.6 is 0 Å². The van der Waals surface area contributed by atoms with E-state index in [0.29, 0.717) is 11.5 Å². The molecule has 29 heavy (non-hydrogen) atoms. The maximum absolute atomic E-state index is 13.6. The summed E-state index contributed by atoms with van der Waals surface area (Å²) in [7, 11) is 0. The largest absolute Gasteiger partial charge is 0.206 e.